The van der Waals surface area contributed by atoms with Crippen LogP contribution in [0.1, 0.15) is 21.2 Å². The molecular formula is C20H18Cl2O2Zr. The van der Waals surface area contributed by atoms with E-state index in [9.17, 15) is 0 Å². The first kappa shape index (κ1) is 17.4. The molecule has 0 spiro atoms. The zero-order chi connectivity index (χ0) is 17.6. The summed E-state index contributed by atoms with van der Waals surface area (Å²) in [5.41, 5.74) is 4.74. The second-order valence-corrected chi connectivity index (χ2v) is 20.5. The Hall–Kier alpha value is -1.02. The van der Waals surface area contributed by atoms with Gasteiger partial charge in [-0.05, 0) is 0 Å². The first-order valence-electron chi connectivity index (χ1n) is 8.16. The molecular weight excluding hydrogens is 434 g/mol. The Morgan fingerprint density at radius 2 is 1.48 bits per heavy atom. The minimum absolute atomic E-state index is 0.0268. The van der Waals surface area contributed by atoms with Gasteiger partial charge in [-0.2, -0.15) is 0 Å². The first-order valence-corrected chi connectivity index (χ1v) is 17.1. The van der Waals surface area contributed by atoms with Crippen molar-refractivity contribution in [3.8, 4) is 22.6 Å². The summed E-state index contributed by atoms with van der Waals surface area (Å²) in [6.45, 7) is 0. The molecule has 2 nitrogen and oxygen atoms in total. The average Bonchev–Trinajstić information content (AvgIpc) is 3.27. The van der Waals surface area contributed by atoms with Crippen LogP contribution in [0, 0.1) is 0 Å². The van der Waals surface area contributed by atoms with Gasteiger partial charge in [0.05, 0.1) is 0 Å². The molecule has 0 radical (unpaired) electrons. The van der Waals surface area contributed by atoms with Crippen LogP contribution in [0.15, 0.2) is 57.9 Å². The van der Waals surface area contributed by atoms with Crippen LogP contribution in [0.3, 0.4) is 0 Å². The molecule has 25 heavy (non-hydrogen) atoms. The van der Waals surface area contributed by atoms with Gasteiger partial charge in [0.25, 0.3) is 0 Å². The summed E-state index contributed by atoms with van der Waals surface area (Å²) in [6, 6.07) is 12.4. The maximum absolute atomic E-state index is 7.18. The summed E-state index contributed by atoms with van der Waals surface area (Å²) < 4.78 is 12.2. The van der Waals surface area contributed by atoms with Crippen LogP contribution in [0.2, 0.25) is 0 Å². The van der Waals surface area contributed by atoms with Gasteiger partial charge in [0, 0.05) is 0 Å². The number of hydrogen-bond acceptors (Lipinski definition) is 2. The molecule has 0 atom stereocenters. The van der Waals surface area contributed by atoms with Crippen LogP contribution in [0.4, 0.5) is 0 Å². The first-order chi connectivity index (χ1) is 12.1. The third-order valence-corrected chi connectivity index (χ3v) is 16.8. The van der Waals surface area contributed by atoms with Crippen LogP contribution in [0.25, 0.3) is 11.1 Å². The molecule has 0 unspecified atom stereocenters. The molecule has 0 N–H and O–H groups in total. The van der Waals surface area contributed by atoms with Gasteiger partial charge < -0.3 is 0 Å². The molecule has 0 bridgehead atoms. The fourth-order valence-electron chi connectivity index (χ4n) is 3.74. The average molecular weight is 452 g/mol. The van der Waals surface area contributed by atoms with E-state index >= 15 is 0 Å². The predicted molar refractivity (Wildman–Crippen MR) is 100 cm³/mol. The number of hydrogen-bond donors (Lipinski definition) is 0. The monoisotopic (exact) mass is 450 g/mol. The Morgan fingerprint density at radius 3 is 1.92 bits per heavy atom. The van der Waals surface area contributed by atoms with Crippen LogP contribution in [-0.4, -0.2) is 14.2 Å². The molecule has 2 aliphatic carbocycles. The van der Waals surface area contributed by atoms with Crippen molar-refractivity contribution in [2.24, 2.45) is 0 Å². The number of allylic oxidation sites excluding steroid dienone is 4. The number of rotatable bonds is 4. The summed E-state index contributed by atoms with van der Waals surface area (Å²) in [6.07, 6.45) is 7.14. The standard InChI is InChI=1S/C15H13O2.C5H5.2ClH.Zr/c1-16-12-3-5-14-10(8-12)7-11-9-13(17-2)4-6-15(11)14;1-2-4-5-3-1;;;/h3-9H,1-2H3;1-3H,4H2;2*1H;/q;;;;+2/p-2. The number of methoxy groups -OCH3 is 2. The fourth-order valence-corrected chi connectivity index (χ4v) is 13.9. The van der Waals surface area contributed by atoms with Crippen LogP contribution >= 0.6 is 17.0 Å². The van der Waals surface area contributed by atoms with Crippen molar-refractivity contribution in [1.29, 1.82) is 0 Å². The Balaban J connectivity index is 1.93. The van der Waals surface area contributed by atoms with E-state index < -0.39 is 17.9 Å². The van der Waals surface area contributed by atoms with Gasteiger partial charge in [-0.15, -0.1) is 0 Å². The molecule has 2 aromatic rings. The zero-order valence-electron chi connectivity index (χ0n) is 14.1. The summed E-state index contributed by atoms with van der Waals surface area (Å²) in [5, 5.41) is 0. The number of benzene rings is 2. The molecule has 0 aromatic heterocycles. The van der Waals surface area contributed by atoms with Gasteiger partial charge in [-0.3, -0.25) is 0 Å². The summed E-state index contributed by atoms with van der Waals surface area (Å²) in [5.74, 6) is 1.66. The normalized spacial score (nSPS) is 15.8. The number of fused-ring (bicyclic) bond motifs is 3. The minimum atomic E-state index is -3.67. The molecule has 0 fully saturated rings. The van der Waals surface area contributed by atoms with Gasteiger partial charge in [0.2, 0.25) is 0 Å². The Labute approximate surface area is 159 Å². The van der Waals surface area contributed by atoms with E-state index in [4.69, 9.17) is 26.5 Å². The number of ether oxygens (including phenoxy) is 2. The van der Waals surface area contributed by atoms with E-state index in [0.717, 1.165) is 17.9 Å². The zero-order valence-corrected chi connectivity index (χ0v) is 18.0. The second kappa shape index (κ2) is 6.61. The van der Waals surface area contributed by atoms with Crippen molar-refractivity contribution in [2.75, 3.05) is 14.2 Å². The fraction of sp³-hybridized carbons (Fsp3) is 0.200. The van der Waals surface area contributed by atoms with Gasteiger partial charge >= 0.3 is 160 Å². The van der Waals surface area contributed by atoms with E-state index in [1.165, 1.54) is 25.5 Å². The van der Waals surface area contributed by atoms with Crippen molar-refractivity contribution >= 4 is 17.0 Å². The second-order valence-electron chi connectivity index (χ2n) is 6.29. The SMILES string of the molecule is COc1ccc2c(c1)[CH]([Zr]([Cl])([Cl])[C]1=CC=CC1)c1cc(OC)ccc1-2. The number of halogens is 2. The summed E-state index contributed by atoms with van der Waals surface area (Å²) >= 11 is -3.67. The molecule has 0 amide bonds. The molecule has 5 heteroatoms. The quantitative estimate of drug-likeness (QED) is 0.560. The molecule has 0 saturated heterocycles. The molecule has 4 rings (SSSR count). The predicted octanol–water partition coefficient (Wildman–Crippen LogP) is 6.08. The summed E-state index contributed by atoms with van der Waals surface area (Å²) in [4.78, 5) is 0. The van der Waals surface area contributed by atoms with E-state index in [-0.39, 0.29) is 3.63 Å². The van der Waals surface area contributed by atoms with Crippen molar-refractivity contribution in [2.45, 2.75) is 10.0 Å². The van der Waals surface area contributed by atoms with Gasteiger partial charge in [0.1, 0.15) is 0 Å². The van der Waals surface area contributed by atoms with Crippen molar-refractivity contribution in [3.63, 3.8) is 0 Å². The molecule has 2 aliphatic rings. The van der Waals surface area contributed by atoms with E-state index in [1.807, 2.05) is 12.1 Å². The van der Waals surface area contributed by atoms with Crippen LogP contribution in [0.5, 0.6) is 11.5 Å². The molecule has 2 aromatic carbocycles. The van der Waals surface area contributed by atoms with E-state index in [1.54, 1.807) is 14.2 Å². The Kier molecular flexibility index (Phi) is 4.60. The van der Waals surface area contributed by atoms with Crippen molar-refractivity contribution in [3.05, 3.63) is 69.0 Å². The third-order valence-electron chi connectivity index (χ3n) is 4.99. The third kappa shape index (κ3) is 2.81. The Morgan fingerprint density at radius 1 is 0.920 bits per heavy atom. The Bertz CT molecular complexity index is 849. The molecule has 0 heterocycles. The van der Waals surface area contributed by atoms with E-state index in [2.05, 4.69) is 42.5 Å². The summed E-state index contributed by atoms with van der Waals surface area (Å²) in [7, 11) is 17.7. The van der Waals surface area contributed by atoms with Crippen LogP contribution < -0.4 is 9.47 Å². The van der Waals surface area contributed by atoms with Crippen LogP contribution in [-0.2, 0) is 17.9 Å². The van der Waals surface area contributed by atoms with Crippen molar-refractivity contribution < 1.29 is 27.4 Å². The van der Waals surface area contributed by atoms with Gasteiger partial charge in [-0.1, -0.05) is 0 Å². The molecule has 0 aliphatic heterocycles. The van der Waals surface area contributed by atoms with Gasteiger partial charge in [-0.25, -0.2) is 0 Å². The maximum atomic E-state index is 7.18. The molecule has 128 valence electrons. The molecule has 0 saturated carbocycles. The van der Waals surface area contributed by atoms with Crippen molar-refractivity contribution in [1.82, 2.24) is 0 Å². The topological polar surface area (TPSA) is 18.5 Å². The van der Waals surface area contributed by atoms with E-state index in [0.29, 0.717) is 0 Å². The van der Waals surface area contributed by atoms with Gasteiger partial charge in [0.15, 0.2) is 0 Å².